The predicted molar refractivity (Wildman–Crippen MR) is 102 cm³/mol. The average molecular weight is 384 g/mol. The van der Waals surface area contributed by atoms with Gasteiger partial charge in [-0.3, -0.25) is 14.4 Å². The number of carbonyl (C=O) groups is 3. The molecule has 0 spiro atoms. The van der Waals surface area contributed by atoms with Crippen LogP contribution >= 0.6 is 0 Å². The third kappa shape index (κ3) is 4.79. The Bertz CT molecular complexity index is 852. The van der Waals surface area contributed by atoms with Crippen molar-refractivity contribution in [2.24, 2.45) is 0 Å². The summed E-state index contributed by atoms with van der Waals surface area (Å²) in [6.45, 7) is 5.36. The van der Waals surface area contributed by atoms with Crippen molar-refractivity contribution >= 4 is 17.8 Å². The van der Waals surface area contributed by atoms with Crippen molar-refractivity contribution in [3.05, 3.63) is 59.0 Å². The van der Waals surface area contributed by atoms with Gasteiger partial charge in [-0.2, -0.15) is 0 Å². The average Bonchev–Trinajstić information content (AvgIpc) is 3.23. The van der Waals surface area contributed by atoms with Crippen LogP contribution in [0.2, 0.25) is 0 Å². The van der Waals surface area contributed by atoms with E-state index in [9.17, 15) is 14.4 Å². The summed E-state index contributed by atoms with van der Waals surface area (Å²) in [5, 5.41) is 0. The number of nitrogens with zero attached hydrogens (tertiary/aromatic N) is 2. The van der Waals surface area contributed by atoms with Gasteiger partial charge in [-0.15, -0.1) is 0 Å². The summed E-state index contributed by atoms with van der Waals surface area (Å²) < 4.78 is 10.3. The van der Waals surface area contributed by atoms with Crippen LogP contribution in [0.4, 0.5) is 0 Å². The van der Waals surface area contributed by atoms with E-state index in [1.807, 2.05) is 32.0 Å². The Balaban J connectivity index is 1.42. The largest absolute Gasteiger partial charge is 0.459 e. The molecule has 1 aliphatic heterocycles. The number of amides is 2. The Kier molecular flexibility index (Phi) is 6.13. The quantitative estimate of drug-likeness (QED) is 0.737. The van der Waals surface area contributed by atoms with Crippen LogP contribution in [0.25, 0.3) is 0 Å². The van der Waals surface area contributed by atoms with Crippen LogP contribution < -0.4 is 0 Å². The van der Waals surface area contributed by atoms with Gasteiger partial charge in [0.1, 0.15) is 0 Å². The van der Waals surface area contributed by atoms with E-state index in [1.54, 1.807) is 21.9 Å². The van der Waals surface area contributed by atoms with Crippen molar-refractivity contribution in [1.29, 1.82) is 0 Å². The zero-order valence-corrected chi connectivity index (χ0v) is 16.1. The number of rotatable bonds is 5. The summed E-state index contributed by atoms with van der Waals surface area (Å²) >= 11 is 0. The van der Waals surface area contributed by atoms with Crippen LogP contribution in [-0.2, 0) is 20.7 Å². The van der Waals surface area contributed by atoms with Gasteiger partial charge < -0.3 is 19.0 Å². The van der Waals surface area contributed by atoms with E-state index in [0.717, 1.165) is 16.7 Å². The van der Waals surface area contributed by atoms with Crippen LogP contribution in [0.15, 0.2) is 41.0 Å². The molecule has 7 heteroatoms. The summed E-state index contributed by atoms with van der Waals surface area (Å²) in [7, 11) is 0. The molecule has 2 aromatic rings. The normalized spacial score (nSPS) is 14.1. The van der Waals surface area contributed by atoms with Gasteiger partial charge >= 0.3 is 5.97 Å². The molecule has 1 saturated heterocycles. The minimum absolute atomic E-state index is 0.139. The monoisotopic (exact) mass is 384 g/mol. The maximum atomic E-state index is 12.3. The fraction of sp³-hybridized carbons (Fsp3) is 0.381. The van der Waals surface area contributed by atoms with Gasteiger partial charge in [-0.25, -0.2) is 0 Å². The Morgan fingerprint density at radius 2 is 1.71 bits per heavy atom. The van der Waals surface area contributed by atoms with Crippen molar-refractivity contribution < 1.29 is 23.5 Å². The van der Waals surface area contributed by atoms with Crippen LogP contribution in [0.1, 0.15) is 27.2 Å². The van der Waals surface area contributed by atoms with E-state index >= 15 is 0 Å². The van der Waals surface area contributed by atoms with Crippen LogP contribution in [0.3, 0.4) is 0 Å². The molecule has 28 heavy (non-hydrogen) atoms. The fourth-order valence-corrected chi connectivity index (χ4v) is 3.08. The highest BCUT2D eigenvalue weighted by Crippen LogP contribution is 2.12. The third-order valence-electron chi connectivity index (χ3n) is 4.93. The zero-order valence-electron chi connectivity index (χ0n) is 16.1. The second kappa shape index (κ2) is 8.73. The van der Waals surface area contributed by atoms with Gasteiger partial charge in [0.05, 0.1) is 12.7 Å². The molecular formula is C21H24N2O5. The smallest absolute Gasteiger partial charge is 0.310 e. The van der Waals surface area contributed by atoms with Crippen LogP contribution in [-0.4, -0.2) is 60.4 Å². The molecule has 0 bridgehead atoms. The lowest BCUT2D eigenvalue weighted by atomic mass is 10.0. The topological polar surface area (TPSA) is 80.1 Å². The number of esters is 1. The maximum absolute atomic E-state index is 12.3. The molecular weight excluding hydrogens is 360 g/mol. The van der Waals surface area contributed by atoms with E-state index in [0.29, 0.717) is 31.9 Å². The highest BCUT2D eigenvalue weighted by molar-refractivity contribution is 5.91. The van der Waals surface area contributed by atoms with E-state index in [2.05, 4.69) is 0 Å². The van der Waals surface area contributed by atoms with Gasteiger partial charge in [0.15, 0.2) is 12.4 Å². The van der Waals surface area contributed by atoms with E-state index in [4.69, 9.17) is 9.15 Å². The highest BCUT2D eigenvalue weighted by atomic mass is 16.5. The molecule has 0 aliphatic carbocycles. The standard InChI is InChI=1S/C21H24N2O5/c1-15-5-6-17(12-16(15)2)13-20(25)28-14-19(24)22-7-9-23(10-8-22)21(26)18-4-3-11-27-18/h3-6,11-12H,7-10,13-14H2,1-2H3. The first-order valence-electron chi connectivity index (χ1n) is 9.26. The number of aryl methyl sites for hydroxylation is 2. The molecule has 0 unspecified atom stereocenters. The number of hydrogen-bond donors (Lipinski definition) is 0. The molecule has 0 N–H and O–H groups in total. The lowest BCUT2D eigenvalue weighted by molar-refractivity contribution is -0.152. The van der Waals surface area contributed by atoms with Crippen molar-refractivity contribution in [2.45, 2.75) is 20.3 Å². The second-order valence-electron chi connectivity index (χ2n) is 6.91. The summed E-state index contributed by atoms with van der Waals surface area (Å²) in [6, 6.07) is 9.09. The zero-order chi connectivity index (χ0) is 20.1. The van der Waals surface area contributed by atoms with E-state index in [-0.39, 0.29) is 24.8 Å². The third-order valence-corrected chi connectivity index (χ3v) is 4.93. The Hall–Kier alpha value is -3.09. The molecule has 0 saturated carbocycles. The number of ether oxygens (including phenoxy) is 1. The maximum Gasteiger partial charge on any atom is 0.310 e. The lowest BCUT2D eigenvalue weighted by Crippen LogP contribution is -2.51. The van der Waals surface area contributed by atoms with Crippen molar-refractivity contribution in [2.75, 3.05) is 32.8 Å². The minimum Gasteiger partial charge on any atom is -0.459 e. The van der Waals surface area contributed by atoms with E-state index < -0.39 is 5.97 Å². The van der Waals surface area contributed by atoms with Crippen molar-refractivity contribution in [1.82, 2.24) is 9.80 Å². The number of carbonyl (C=O) groups excluding carboxylic acids is 3. The van der Waals surface area contributed by atoms with Gasteiger partial charge in [0.2, 0.25) is 0 Å². The summed E-state index contributed by atoms with van der Waals surface area (Å²) in [5.74, 6) is -0.571. The molecule has 2 amide bonds. The molecule has 1 aliphatic rings. The number of piperazine rings is 1. The SMILES string of the molecule is Cc1ccc(CC(=O)OCC(=O)N2CCN(C(=O)c3ccco3)CC2)cc1C. The molecule has 0 radical (unpaired) electrons. The van der Waals surface area contributed by atoms with Gasteiger partial charge in [0.25, 0.3) is 11.8 Å². The predicted octanol–water partition coefficient (Wildman–Crippen LogP) is 1.97. The summed E-state index contributed by atoms with van der Waals surface area (Å²) in [6.07, 6.45) is 1.60. The molecule has 148 valence electrons. The molecule has 3 rings (SSSR count). The molecule has 1 aromatic heterocycles. The molecule has 7 nitrogen and oxygen atoms in total. The first kappa shape index (κ1) is 19.7. The molecule has 2 heterocycles. The van der Waals surface area contributed by atoms with Crippen LogP contribution in [0, 0.1) is 13.8 Å². The Labute approximate surface area is 163 Å². The number of hydrogen-bond acceptors (Lipinski definition) is 5. The minimum atomic E-state index is -0.428. The summed E-state index contributed by atoms with van der Waals surface area (Å²) in [5.41, 5.74) is 3.14. The number of benzene rings is 1. The second-order valence-corrected chi connectivity index (χ2v) is 6.91. The number of furan rings is 1. The fourth-order valence-electron chi connectivity index (χ4n) is 3.08. The Morgan fingerprint density at radius 3 is 2.36 bits per heavy atom. The molecule has 1 fully saturated rings. The van der Waals surface area contributed by atoms with Gasteiger partial charge in [-0.05, 0) is 42.7 Å². The first-order valence-corrected chi connectivity index (χ1v) is 9.26. The Morgan fingerprint density at radius 1 is 1.00 bits per heavy atom. The lowest BCUT2D eigenvalue weighted by Gasteiger charge is -2.34. The summed E-state index contributed by atoms with van der Waals surface area (Å²) in [4.78, 5) is 39.8. The van der Waals surface area contributed by atoms with Crippen molar-refractivity contribution in [3.8, 4) is 0 Å². The van der Waals surface area contributed by atoms with E-state index in [1.165, 1.54) is 6.26 Å². The van der Waals surface area contributed by atoms with Crippen molar-refractivity contribution in [3.63, 3.8) is 0 Å². The molecule has 1 aromatic carbocycles. The van der Waals surface area contributed by atoms with Gasteiger partial charge in [-0.1, -0.05) is 18.2 Å². The molecule has 0 atom stereocenters. The first-order chi connectivity index (χ1) is 13.4. The van der Waals surface area contributed by atoms with Gasteiger partial charge in [0, 0.05) is 26.2 Å². The van der Waals surface area contributed by atoms with Crippen LogP contribution in [0.5, 0.6) is 0 Å². The highest BCUT2D eigenvalue weighted by Gasteiger charge is 2.26.